The van der Waals surface area contributed by atoms with Gasteiger partial charge >= 0.3 is 6.03 Å². The molecule has 9 heteroatoms. The standard InChI is InChI=1S/C22H27N5O4/c1-15-14-17(26-31-15)24-19(28)18(16-8-3-2-4-9-16)23-12-7-13-27-20(29)22(25-21(27)30)10-5-6-11-22/h2-4,8-9,14,18,23H,5-7,10-13H2,1H3,(H,25,30)(H,24,26,28). The molecular formula is C22H27N5O4. The number of nitrogens with zero attached hydrogens (tertiary/aromatic N) is 2. The van der Waals surface area contributed by atoms with Crippen molar-refractivity contribution in [2.24, 2.45) is 0 Å². The Morgan fingerprint density at radius 1 is 1.26 bits per heavy atom. The predicted octanol–water partition coefficient (Wildman–Crippen LogP) is 2.51. The van der Waals surface area contributed by atoms with Gasteiger partial charge in [-0.15, -0.1) is 0 Å². The fourth-order valence-corrected chi connectivity index (χ4v) is 4.31. The maximum atomic E-state index is 12.9. The molecule has 3 N–H and O–H groups in total. The molecule has 1 aromatic heterocycles. The Labute approximate surface area is 180 Å². The predicted molar refractivity (Wildman–Crippen MR) is 113 cm³/mol. The Balaban J connectivity index is 1.35. The van der Waals surface area contributed by atoms with Crippen LogP contribution in [0.25, 0.3) is 0 Å². The second-order valence-corrected chi connectivity index (χ2v) is 8.14. The largest absolute Gasteiger partial charge is 0.360 e. The number of amides is 4. The van der Waals surface area contributed by atoms with Gasteiger partial charge in [-0.3, -0.25) is 14.5 Å². The van der Waals surface area contributed by atoms with Crippen LogP contribution in [0.3, 0.4) is 0 Å². The fourth-order valence-electron chi connectivity index (χ4n) is 4.31. The zero-order chi connectivity index (χ0) is 21.8. The van der Waals surface area contributed by atoms with Gasteiger partial charge in [0.2, 0.25) is 5.91 Å². The van der Waals surface area contributed by atoms with E-state index in [-0.39, 0.29) is 17.8 Å². The van der Waals surface area contributed by atoms with Crippen LogP contribution < -0.4 is 16.0 Å². The Bertz CT molecular complexity index is 952. The van der Waals surface area contributed by atoms with Crippen molar-refractivity contribution in [1.29, 1.82) is 0 Å². The number of carbonyl (C=O) groups excluding carboxylic acids is 3. The van der Waals surface area contributed by atoms with E-state index >= 15 is 0 Å². The lowest BCUT2D eigenvalue weighted by atomic mass is 9.98. The van der Waals surface area contributed by atoms with Gasteiger partial charge in [-0.2, -0.15) is 0 Å². The molecular weight excluding hydrogens is 398 g/mol. The number of imide groups is 1. The number of rotatable bonds is 8. The van der Waals surface area contributed by atoms with Crippen LogP contribution in [0.2, 0.25) is 0 Å². The number of hydrogen-bond acceptors (Lipinski definition) is 6. The highest BCUT2D eigenvalue weighted by molar-refractivity contribution is 6.07. The molecule has 4 rings (SSSR count). The molecule has 1 aliphatic carbocycles. The Hall–Kier alpha value is -3.20. The Morgan fingerprint density at radius 2 is 2.00 bits per heavy atom. The van der Waals surface area contributed by atoms with Crippen LogP contribution in [0.15, 0.2) is 40.9 Å². The van der Waals surface area contributed by atoms with E-state index in [0.29, 0.717) is 43.9 Å². The third-order valence-electron chi connectivity index (χ3n) is 5.88. The van der Waals surface area contributed by atoms with E-state index in [4.69, 9.17) is 4.52 Å². The fraction of sp³-hybridized carbons (Fsp3) is 0.455. The first-order valence-corrected chi connectivity index (χ1v) is 10.7. The number of urea groups is 1. The molecule has 2 fully saturated rings. The van der Waals surface area contributed by atoms with E-state index in [2.05, 4.69) is 21.1 Å². The quantitative estimate of drug-likeness (QED) is 0.442. The first-order valence-electron chi connectivity index (χ1n) is 10.7. The van der Waals surface area contributed by atoms with Gasteiger partial charge in [-0.05, 0) is 38.3 Å². The van der Waals surface area contributed by atoms with Crippen molar-refractivity contribution < 1.29 is 18.9 Å². The molecule has 1 saturated carbocycles. The molecule has 4 amide bonds. The molecule has 2 heterocycles. The molecule has 0 radical (unpaired) electrons. The van der Waals surface area contributed by atoms with E-state index in [1.807, 2.05) is 30.3 Å². The van der Waals surface area contributed by atoms with E-state index in [1.165, 1.54) is 4.90 Å². The van der Waals surface area contributed by atoms with Gasteiger partial charge in [0.05, 0.1) is 0 Å². The van der Waals surface area contributed by atoms with E-state index in [1.54, 1.807) is 13.0 Å². The smallest absolute Gasteiger partial charge is 0.325 e. The van der Waals surface area contributed by atoms with Crippen molar-refractivity contribution in [2.75, 3.05) is 18.4 Å². The average molecular weight is 425 g/mol. The van der Waals surface area contributed by atoms with Crippen molar-refractivity contribution in [3.05, 3.63) is 47.7 Å². The minimum absolute atomic E-state index is 0.117. The van der Waals surface area contributed by atoms with Gasteiger partial charge in [0, 0.05) is 12.6 Å². The van der Waals surface area contributed by atoms with Crippen molar-refractivity contribution in [3.8, 4) is 0 Å². The molecule has 1 unspecified atom stereocenters. The molecule has 1 saturated heterocycles. The minimum Gasteiger partial charge on any atom is -0.360 e. The summed E-state index contributed by atoms with van der Waals surface area (Å²) >= 11 is 0. The van der Waals surface area contributed by atoms with Crippen LogP contribution in [-0.2, 0) is 9.59 Å². The van der Waals surface area contributed by atoms with Crippen LogP contribution in [0.1, 0.15) is 49.5 Å². The first-order chi connectivity index (χ1) is 15.0. The zero-order valence-corrected chi connectivity index (χ0v) is 17.5. The van der Waals surface area contributed by atoms with Crippen LogP contribution in [0.4, 0.5) is 10.6 Å². The maximum absolute atomic E-state index is 12.9. The summed E-state index contributed by atoms with van der Waals surface area (Å²) in [6, 6.07) is 10.1. The summed E-state index contributed by atoms with van der Waals surface area (Å²) in [5.41, 5.74) is 0.118. The second-order valence-electron chi connectivity index (χ2n) is 8.14. The summed E-state index contributed by atoms with van der Waals surface area (Å²) in [4.78, 5) is 39.2. The van der Waals surface area contributed by atoms with Gasteiger partial charge < -0.3 is 20.5 Å². The Kier molecular flexibility index (Phi) is 6.03. The second kappa shape index (κ2) is 8.89. The summed E-state index contributed by atoms with van der Waals surface area (Å²) in [6.45, 7) is 2.51. The normalized spacial score (nSPS) is 18.4. The number of hydrogen-bond donors (Lipinski definition) is 3. The van der Waals surface area contributed by atoms with Crippen molar-refractivity contribution in [1.82, 2.24) is 20.7 Å². The Morgan fingerprint density at radius 3 is 2.68 bits per heavy atom. The van der Waals surface area contributed by atoms with Gasteiger partial charge in [-0.1, -0.05) is 48.3 Å². The number of benzene rings is 1. The molecule has 164 valence electrons. The highest BCUT2D eigenvalue weighted by Crippen LogP contribution is 2.35. The molecule has 1 aliphatic heterocycles. The van der Waals surface area contributed by atoms with Gasteiger partial charge in [0.1, 0.15) is 17.3 Å². The van der Waals surface area contributed by atoms with Gasteiger partial charge in [0.15, 0.2) is 5.82 Å². The molecule has 1 spiro atoms. The highest BCUT2D eigenvalue weighted by Gasteiger charge is 2.51. The topological polar surface area (TPSA) is 117 Å². The summed E-state index contributed by atoms with van der Waals surface area (Å²) in [5, 5.41) is 12.7. The molecule has 1 aromatic carbocycles. The van der Waals surface area contributed by atoms with Crippen LogP contribution in [0.5, 0.6) is 0 Å². The lowest BCUT2D eigenvalue weighted by Crippen LogP contribution is -2.44. The van der Waals surface area contributed by atoms with E-state index in [9.17, 15) is 14.4 Å². The highest BCUT2D eigenvalue weighted by atomic mass is 16.5. The van der Waals surface area contributed by atoms with Crippen LogP contribution in [-0.4, -0.2) is 46.5 Å². The lowest BCUT2D eigenvalue weighted by Gasteiger charge is -2.21. The van der Waals surface area contributed by atoms with Crippen LogP contribution >= 0.6 is 0 Å². The molecule has 31 heavy (non-hydrogen) atoms. The molecule has 2 aliphatic rings. The molecule has 1 atom stereocenters. The number of nitrogens with one attached hydrogen (secondary N) is 3. The molecule has 2 aromatic rings. The summed E-state index contributed by atoms with van der Waals surface area (Å²) < 4.78 is 5.01. The molecule has 9 nitrogen and oxygen atoms in total. The first kappa shape index (κ1) is 21.0. The number of carbonyl (C=O) groups is 3. The number of anilines is 1. The van der Waals surface area contributed by atoms with Crippen molar-refractivity contribution in [2.45, 2.75) is 50.6 Å². The monoisotopic (exact) mass is 425 g/mol. The van der Waals surface area contributed by atoms with Gasteiger partial charge in [-0.25, -0.2) is 4.79 Å². The minimum atomic E-state index is -0.688. The van der Waals surface area contributed by atoms with E-state index < -0.39 is 11.6 Å². The van der Waals surface area contributed by atoms with Crippen molar-refractivity contribution >= 4 is 23.7 Å². The van der Waals surface area contributed by atoms with Gasteiger partial charge in [0.25, 0.3) is 5.91 Å². The lowest BCUT2D eigenvalue weighted by molar-refractivity contribution is -0.131. The maximum Gasteiger partial charge on any atom is 0.325 e. The van der Waals surface area contributed by atoms with Crippen LogP contribution in [0, 0.1) is 6.92 Å². The summed E-state index contributed by atoms with van der Waals surface area (Å²) in [6.07, 6.45) is 3.88. The SMILES string of the molecule is Cc1cc(NC(=O)C(NCCCN2C(=O)NC3(CCCC3)C2=O)c2ccccc2)no1. The number of aromatic nitrogens is 1. The average Bonchev–Trinajstić information content (AvgIpc) is 3.45. The summed E-state index contributed by atoms with van der Waals surface area (Å²) in [5.74, 6) is 0.577. The third-order valence-corrected chi connectivity index (χ3v) is 5.88. The van der Waals surface area contributed by atoms with Crippen molar-refractivity contribution in [3.63, 3.8) is 0 Å². The van der Waals surface area contributed by atoms with E-state index in [0.717, 1.165) is 18.4 Å². The number of aryl methyl sites for hydroxylation is 1. The zero-order valence-electron chi connectivity index (χ0n) is 17.5. The summed E-state index contributed by atoms with van der Waals surface area (Å²) in [7, 11) is 0. The third kappa shape index (κ3) is 4.46. The molecule has 0 bridgehead atoms.